The van der Waals surface area contributed by atoms with E-state index in [1.54, 1.807) is 6.08 Å². The zero-order valence-electron chi connectivity index (χ0n) is 13.4. The van der Waals surface area contributed by atoms with Crippen LogP contribution in [0.4, 0.5) is 5.69 Å². The average Bonchev–Trinajstić information content (AvgIpc) is 2.98. The van der Waals surface area contributed by atoms with Crippen LogP contribution in [0.5, 0.6) is 0 Å². The van der Waals surface area contributed by atoms with Crippen molar-refractivity contribution in [3.63, 3.8) is 0 Å². The highest BCUT2D eigenvalue weighted by Gasteiger charge is 2.19. The summed E-state index contributed by atoms with van der Waals surface area (Å²) in [6, 6.07) is 15.0. The van der Waals surface area contributed by atoms with Crippen LogP contribution in [-0.2, 0) is 9.53 Å². The van der Waals surface area contributed by atoms with E-state index >= 15 is 0 Å². The Balaban J connectivity index is 1.93. The summed E-state index contributed by atoms with van der Waals surface area (Å²) >= 11 is 3.40. The molecule has 0 aliphatic carbocycles. The Morgan fingerprint density at radius 1 is 1.16 bits per heavy atom. The summed E-state index contributed by atoms with van der Waals surface area (Å²) in [5.41, 5.74) is 2.24. The van der Waals surface area contributed by atoms with Crippen LogP contribution in [0.15, 0.2) is 59.1 Å². The molecule has 0 fully saturated rings. The second-order valence-electron chi connectivity index (χ2n) is 5.29. The Morgan fingerprint density at radius 2 is 1.92 bits per heavy atom. The van der Waals surface area contributed by atoms with Crippen molar-refractivity contribution in [2.45, 2.75) is 0 Å². The lowest BCUT2D eigenvalue weighted by Gasteiger charge is -2.04. The summed E-state index contributed by atoms with van der Waals surface area (Å²) in [5, 5.41) is 3.49. The first kappa shape index (κ1) is 17.0. The number of ether oxygens (including phenoxy) is 1. The number of benzene rings is 2. The highest BCUT2D eigenvalue weighted by atomic mass is 79.9. The van der Waals surface area contributed by atoms with Gasteiger partial charge in [-0.1, -0.05) is 46.3 Å². The largest absolute Gasteiger partial charge is 0.464 e. The van der Waals surface area contributed by atoms with Gasteiger partial charge in [-0.25, -0.2) is 4.79 Å². The van der Waals surface area contributed by atoms with Crippen molar-refractivity contribution in [2.24, 2.45) is 0 Å². The molecule has 0 aliphatic rings. The van der Waals surface area contributed by atoms with Crippen molar-refractivity contribution in [3.05, 3.63) is 70.3 Å². The number of methoxy groups -OCH3 is 1. The lowest BCUT2D eigenvalue weighted by Crippen LogP contribution is -2.12. The minimum Gasteiger partial charge on any atom is -0.464 e. The molecule has 3 rings (SSSR count). The number of nitrogens with one attached hydrogen (secondary N) is 2. The predicted molar refractivity (Wildman–Crippen MR) is 101 cm³/mol. The summed E-state index contributed by atoms with van der Waals surface area (Å²) in [6.45, 7) is 0. The predicted octanol–water partition coefficient (Wildman–Crippen LogP) is 4.37. The van der Waals surface area contributed by atoms with Gasteiger partial charge in [-0.2, -0.15) is 0 Å². The number of rotatable bonds is 4. The fraction of sp³-hybridized carbons (Fsp3) is 0.0526. The number of esters is 1. The number of amides is 1. The molecule has 0 saturated carbocycles. The molecule has 0 bridgehead atoms. The zero-order valence-corrected chi connectivity index (χ0v) is 15.0. The van der Waals surface area contributed by atoms with Gasteiger partial charge in [0.2, 0.25) is 5.91 Å². The molecule has 6 heteroatoms. The summed E-state index contributed by atoms with van der Waals surface area (Å²) in [7, 11) is 1.30. The first-order chi connectivity index (χ1) is 12.1. The topological polar surface area (TPSA) is 71.2 Å². The van der Waals surface area contributed by atoms with E-state index in [4.69, 9.17) is 4.74 Å². The Labute approximate surface area is 152 Å². The van der Waals surface area contributed by atoms with Crippen molar-refractivity contribution < 1.29 is 14.3 Å². The summed E-state index contributed by atoms with van der Waals surface area (Å²) in [5.74, 6) is -0.885. The van der Waals surface area contributed by atoms with Gasteiger partial charge in [0.25, 0.3) is 0 Å². The Morgan fingerprint density at radius 3 is 2.64 bits per heavy atom. The molecule has 0 spiro atoms. The third-order valence-electron chi connectivity index (χ3n) is 3.63. The van der Waals surface area contributed by atoms with Crippen molar-refractivity contribution in [2.75, 3.05) is 12.4 Å². The van der Waals surface area contributed by atoms with E-state index in [0.717, 1.165) is 20.9 Å². The zero-order chi connectivity index (χ0) is 17.8. The second kappa shape index (κ2) is 7.36. The van der Waals surface area contributed by atoms with Crippen LogP contribution in [0.1, 0.15) is 16.1 Å². The van der Waals surface area contributed by atoms with E-state index in [9.17, 15) is 9.59 Å². The molecule has 2 N–H and O–H groups in total. The number of carbonyl (C=O) groups is 2. The normalized spacial score (nSPS) is 11.0. The van der Waals surface area contributed by atoms with Gasteiger partial charge in [0.05, 0.1) is 12.8 Å². The van der Waals surface area contributed by atoms with Crippen LogP contribution in [-0.4, -0.2) is 24.0 Å². The van der Waals surface area contributed by atoms with Crippen LogP contribution in [0.3, 0.4) is 0 Å². The number of aromatic amines is 1. The van der Waals surface area contributed by atoms with Crippen LogP contribution >= 0.6 is 15.9 Å². The summed E-state index contributed by atoms with van der Waals surface area (Å²) < 4.78 is 5.64. The minimum absolute atomic E-state index is 0.206. The minimum atomic E-state index is -0.547. The fourth-order valence-corrected chi connectivity index (χ4v) is 2.81. The van der Waals surface area contributed by atoms with E-state index in [1.165, 1.54) is 13.2 Å². The van der Waals surface area contributed by atoms with Gasteiger partial charge in [-0.15, -0.1) is 0 Å². The molecule has 1 heterocycles. The average molecular weight is 399 g/mol. The smallest absolute Gasteiger partial charge is 0.356 e. The van der Waals surface area contributed by atoms with Gasteiger partial charge in [-0.05, 0) is 29.8 Å². The number of carbonyl (C=O) groups excluding carboxylic acids is 2. The van der Waals surface area contributed by atoms with Gasteiger partial charge in [0.15, 0.2) is 0 Å². The molecule has 0 aliphatic heterocycles. The maximum absolute atomic E-state index is 12.3. The Kier molecular flexibility index (Phi) is 5.00. The maximum Gasteiger partial charge on any atom is 0.356 e. The molecule has 1 amide bonds. The SMILES string of the molecule is COC(=O)c1[nH]c2ccc(Br)cc2c1NC(=O)C=Cc1ccccc1. The molecular formula is C19H15BrN2O3. The lowest BCUT2D eigenvalue weighted by atomic mass is 10.2. The maximum atomic E-state index is 12.3. The van der Waals surface area contributed by atoms with Gasteiger partial charge in [0, 0.05) is 21.5 Å². The molecule has 126 valence electrons. The van der Waals surface area contributed by atoms with E-state index in [2.05, 4.69) is 26.2 Å². The number of fused-ring (bicyclic) bond motifs is 1. The summed E-state index contributed by atoms with van der Waals surface area (Å²) in [6.07, 6.45) is 3.13. The Bertz CT molecular complexity index is 961. The second-order valence-corrected chi connectivity index (χ2v) is 6.21. The number of H-pyrrole nitrogens is 1. The van der Waals surface area contributed by atoms with Crippen molar-refractivity contribution >= 4 is 50.5 Å². The molecule has 3 aromatic rings. The highest BCUT2D eigenvalue weighted by Crippen LogP contribution is 2.30. The van der Waals surface area contributed by atoms with Crippen LogP contribution in [0.25, 0.3) is 17.0 Å². The number of hydrogen-bond acceptors (Lipinski definition) is 3. The third kappa shape index (κ3) is 3.80. The van der Waals surface area contributed by atoms with Gasteiger partial charge >= 0.3 is 5.97 Å². The van der Waals surface area contributed by atoms with Crippen LogP contribution < -0.4 is 5.32 Å². The standard InChI is InChI=1S/C19H15BrN2O3/c1-25-19(24)18-17(14-11-13(20)8-9-15(14)21-18)22-16(23)10-7-12-5-3-2-4-6-12/h2-11,21H,1H3,(H,22,23). The summed E-state index contributed by atoms with van der Waals surface area (Å²) in [4.78, 5) is 27.3. The quantitative estimate of drug-likeness (QED) is 0.506. The van der Waals surface area contributed by atoms with Crippen molar-refractivity contribution in [3.8, 4) is 0 Å². The number of halogens is 1. The molecule has 0 saturated heterocycles. The van der Waals surface area contributed by atoms with E-state index < -0.39 is 5.97 Å². The van der Waals surface area contributed by atoms with Gasteiger partial charge in [0.1, 0.15) is 5.69 Å². The molecule has 2 aromatic carbocycles. The fourth-order valence-electron chi connectivity index (χ4n) is 2.45. The van der Waals surface area contributed by atoms with Gasteiger partial charge in [-0.3, -0.25) is 4.79 Å². The molecule has 0 unspecified atom stereocenters. The number of anilines is 1. The molecule has 0 radical (unpaired) electrons. The molecule has 0 atom stereocenters. The number of aromatic nitrogens is 1. The van der Waals surface area contributed by atoms with Crippen molar-refractivity contribution in [1.82, 2.24) is 4.98 Å². The first-order valence-corrected chi connectivity index (χ1v) is 8.31. The number of hydrogen-bond donors (Lipinski definition) is 2. The van der Waals surface area contributed by atoms with Crippen molar-refractivity contribution in [1.29, 1.82) is 0 Å². The molecule has 5 nitrogen and oxygen atoms in total. The van der Waals surface area contributed by atoms with E-state index in [1.807, 2.05) is 48.5 Å². The molecule has 1 aromatic heterocycles. The monoisotopic (exact) mass is 398 g/mol. The van der Waals surface area contributed by atoms with E-state index in [-0.39, 0.29) is 11.6 Å². The van der Waals surface area contributed by atoms with Crippen LogP contribution in [0.2, 0.25) is 0 Å². The Hall–Kier alpha value is -2.86. The van der Waals surface area contributed by atoms with E-state index in [0.29, 0.717) is 5.69 Å². The molecular weight excluding hydrogens is 384 g/mol. The van der Waals surface area contributed by atoms with Crippen LogP contribution in [0, 0.1) is 0 Å². The molecule has 25 heavy (non-hydrogen) atoms. The first-order valence-electron chi connectivity index (χ1n) is 7.52. The highest BCUT2D eigenvalue weighted by molar-refractivity contribution is 9.10. The van der Waals surface area contributed by atoms with Gasteiger partial charge < -0.3 is 15.0 Å². The lowest BCUT2D eigenvalue weighted by molar-refractivity contribution is -0.111. The third-order valence-corrected chi connectivity index (χ3v) is 4.12.